The van der Waals surface area contributed by atoms with Gasteiger partial charge in [-0.1, -0.05) is 13.8 Å². The summed E-state index contributed by atoms with van der Waals surface area (Å²) in [5.41, 5.74) is 2.94. The van der Waals surface area contributed by atoms with Crippen molar-refractivity contribution >= 4 is 0 Å². The highest BCUT2D eigenvalue weighted by Gasteiger charge is 2.13. The maximum absolute atomic E-state index is 12.2. The van der Waals surface area contributed by atoms with Gasteiger partial charge in [-0.05, 0) is 55.6 Å². The van der Waals surface area contributed by atoms with Gasteiger partial charge in [0.2, 0.25) is 0 Å². The van der Waals surface area contributed by atoms with Crippen LogP contribution < -0.4 is 4.94 Å². The van der Waals surface area contributed by atoms with E-state index in [-0.39, 0.29) is 5.75 Å². The zero-order chi connectivity index (χ0) is 16.9. The van der Waals surface area contributed by atoms with Gasteiger partial charge in [0, 0.05) is 34.9 Å². The second kappa shape index (κ2) is 7.45. The molecule has 0 radical (unpaired) electrons. The first kappa shape index (κ1) is 16.5. The van der Waals surface area contributed by atoms with Crippen LogP contribution >= 0.6 is 0 Å². The van der Waals surface area contributed by atoms with E-state index in [1.54, 1.807) is 12.1 Å². The predicted molar refractivity (Wildman–Crippen MR) is 93.8 cm³/mol. The molecule has 2 aliphatic rings. The van der Waals surface area contributed by atoms with Crippen LogP contribution in [0, 0.1) is 0 Å². The van der Waals surface area contributed by atoms with Crippen LogP contribution in [0.1, 0.15) is 13.8 Å². The predicted octanol–water partition coefficient (Wildman–Crippen LogP) is 4.26. The van der Waals surface area contributed by atoms with Gasteiger partial charge >= 0.3 is 0 Å². The van der Waals surface area contributed by atoms with Crippen LogP contribution in [-0.2, 0) is 6.54 Å². The summed E-state index contributed by atoms with van der Waals surface area (Å²) in [6.45, 7) is 8.37. The summed E-state index contributed by atoms with van der Waals surface area (Å²) < 4.78 is 14.4. The number of hydrogen-bond acceptors (Lipinski definition) is 3. The van der Waals surface area contributed by atoms with Crippen LogP contribution in [0.15, 0.2) is 48.7 Å². The summed E-state index contributed by atoms with van der Waals surface area (Å²) in [4.78, 5) is 10.9. The fraction of sp³-hybridized carbons (Fsp3) is 0.316. The van der Waals surface area contributed by atoms with Gasteiger partial charge < -0.3 is 9.47 Å². The Morgan fingerprint density at radius 2 is 1.83 bits per heavy atom. The van der Waals surface area contributed by atoms with Crippen LogP contribution in [0.2, 0.25) is 0 Å². The van der Waals surface area contributed by atoms with Crippen molar-refractivity contribution < 1.29 is 9.47 Å². The van der Waals surface area contributed by atoms with Crippen molar-refractivity contribution in [3.63, 3.8) is 0 Å². The molecule has 0 fully saturated rings. The first-order valence-electron chi connectivity index (χ1n) is 8.32. The lowest BCUT2D eigenvalue weighted by Crippen LogP contribution is -2.27. The summed E-state index contributed by atoms with van der Waals surface area (Å²) in [6.07, 6.45) is 2.07. The minimum atomic E-state index is 0.198. The summed E-state index contributed by atoms with van der Waals surface area (Å²) in [7, 11) is 0. The highest BCUT2D eigenvalue weighted by atomic mass is 19.3. The topological polar surface area (TPSA) is 30.3 Å². The van der Waals surface area contributed by atoms with Gasteiger partial charge in [0.25, 0.3) is 0 Å². The molecule has 0 aromatic heterocycles. The first-order chi connectivity index (χ1) is 11.7. The molecule has 0 saturated carbocycles. The van der Waals surface area contributed by atoms with Crippen molar-refractivity contribution in [2.45, 2.75) is 20.4 Å². The summed E-state index contributed by atoms with van der Waals surface area (Å²) in [5, 5.41) is 0. The minimum absolute atomic E-state index is 0.198. The van der Waals surface area contributed by atoms with E-state index in [1.807, 2.05) is 12.1 Å². The number of aromatic nitrogens is 2. The van der Waals surface area contributed by atoms with E-state index in [0.717, 1.165) is 48.8 Å². The Morgan fingerprint density at radius 3 is 2.50 bits per heavy atom. The summed E-state index contributed by atoms with van der Waals surface area (Å²) >= 11 is 0. The average molecular weight is 327 g/mol. The molecule has 0 spiro atoms. The molecule has 5 heteroatoms. The van der Waals surface area contributed by atoms with Gasteiger partial charge in [0.15, 0.2) is 5.75 Å². The normalized spacial score (nSPS) is 11.3. The van der Waals surface area contributed by atoms with E-state index in [2.05, 4.69) is 52.7 Å². The lowest BCUT2D eigenvalue weighted by atomic mass is 10.1. The third kappa shape index (κ3) is 3.41. The Hall–Kier alpha value is -2.40. The molecule has 2 heterocycles. The summed E-state index contributed by atoms with van der Waals surface area (Å²) in [6, 6.07) is 13.0. The third-order valence-electron chi connectivity index (χ3n) is 4.38. The lowest BCUT2D eigenvalue weighted by molar-refractivity contribution is -0.00618. The Bertz CT molecular complexity index is 750. The number of hydrogen-bond donors (Lipinski definition) is 0. The number of pyridine rings is 1. The molecule has 3 rings (SSSR count). The zero-order valence-corrected chi connectivity index (χ0v) is 14.1. The van der Waals surface area contributed by atoms with Crippen molar-refractivity contribution in [1.29, 1.82) is 0 Å². The number of benzene rings is 1. The largest absolute Gasteiger partial charge is 0.331 e. The molecular formula is C19H22FN3O. The molecule has 1 aromatic rings. The molecule has 0 unspecified atom stereocenters. The van der Waals surface area contributed by atoms with E-state index in [0.29, 0.717) is 0 Å². The molecule has 0 saturated heterocycles. The monoisotopic (exact) mass is 327 g/mol. The van der Waals surface area contributed by atoms with Gasteiger partial charge in [0.05, 0.1) is 5.69 Å². The molecule has 0 atom stereocenters. The molecule has 0 aliphatic carbocycles. The molecule has 0 amide bonds. The Kier molecular flexibility index (Phi) is 5.11. The maximum atomic E-state index is 12.2. The van der Waals surface area contributed by atoms with Gasteiger partial charge in [0.1, 0.15) is 5.82 Å². The van der Waals surface area contributed by atoms with E-state index >= 15 is 0 Å². The highest BCUT2D eigenvalue weighted by molar-refractivity contribution is 5.71. The molecule has 0 N–H and O–H groups in total. The van der Waals surface area contributed by atoms with Gasteiger partial charge in [-0.15, -0.1) is 0 Å². The van der Waals surface area contributed by atoms with E-state index in [9.17, 15) is 4.53 Å². The van der Waals surface area contributed by atoms with Gasteiger partial charge in [-0.3, -0.25) is 4.94 Å². The van der Waals surface area contributed by atoms with Crippen molar-refractivity contribution in [1.82, 2.24) is 14.5 Å². The highest BCUT2D eigenvalue weighted by Crippen LogP contribution is 2.29. The number of fused-ring (bicyclic) bond motifs is 1. The zero-order valence-electron chi connectivity index (χ0n) is 14.1. The second-order valence-corrected chi connectivity index (χ2v) is 5.75. The fourth-order valence-electron chi connectivity index (χ4n) is 2.89. The lowest BCUT2D eigenvalue weighted by Gasteiger charge is -2.19. The molecule has 1 aromatic carbocycles. The number of halogens is 1. The SMILES string of the molecule is CCN(CC)CCn1cccc2cc(-c3ccc(OF)cc3)nc1-2. The fourth-order valence-corrected chi connectivity index (χ4v) is 2.89. The van der Waals surface area contributed by atoms with Crippen LogP contribution in [0.25, 0.3) is 22.6 Å². The van der Waals surface area contributed by atoms with Crippen LogP contribution in [0.5, 0.6) is 5.75 Å². The molecule has 24 heavy (non-hydrogen) atoms. The average Bonchev–Trinajstić information content (AvgIpc) is 3.07. The first-order valence-corrected chi connectivity index (χ1v) is 8.32. The molecule has 0 bridgehead atoms. The number of rotatable bonds is 7. The Morgan fingerprint density at radius 1 is 1.08 bits per heavy atom. The van der Waals surface area contributed by atoms with E-state index in [1.165, 1.54) is 0 Å². The van der Waals surface area contributed by atoms with E-state index < -0.39 is 0 Å². The number of nitrogens with zero attached hydrogens (tertiary/aromatic N) is 3. The van der Waals surface area contributed by atoms with Crippen molar-refractivity contribution in [3.05, 3.63) is 48.7 Å². The summed E-state index contributed by atoms with van der Waals surface area (Å²) in [5.74, 6) is 1.18. The van der Waals surface area contributed by atoms with Crippen molar-refractivity contribution in [2.24, 2.45) is 0 Å². The molecule has 126 valence electrons. The third-order valence-corrected chi connectivity index (χ3v) is 4.38. The standard InChI is InChI=1S/C19H22FN3O/c1-3-22(4-2)12-13-23-11-5-6-16-14-18(21-19(16)23)15-7-9-17(24-20)10-8-15/h5-11,14H,3-4,12-13H2,1-2H3. The molecule has 2 aliphatic heterocycles. The maximum Gasteiger partial charge on any atom is 0.171 e. The quantitative estimate of drug-likeness (QED) is 0.649. The minimum Gasteiger partial charge on any atom is -0.331 e. The van der Waals surface area contributed by atoms with Crippen LogP contribution in [0.3, 0.4) is 0 Å². The van der Waals surface area contributed by atoms with E-state index in [4.69, 9.17) is 4.98 Å². The Labute approximate surface area is 141 Å². The Balaban J connectivity index is 1.87. The second-order valence-electron chi connectivity index (χ2n) is 5.75. The van der Waals surface area contributed by atoms with Crippen LogP contribution in [-0.4, -0.2) is 34.1 Å². The smallest absolute Gasteiger partial charge is 0.171 e. The van der Waals surface area contributed by atoms with Gasteiger partial charge in [-0.25, -0.2) is 4.98 Å². The molecule has 4 nitrogen and oxygen atoms in total. The van der Waals surface area contributed by atoms with Gasteiger partial charge in [-0.2, -0.15) is 0 Å². The van der Waals surface area contributed by atoms with Crippen molar-refractivity contribution in [3.8, 4) is 28.4 Å². The number of likely N-dealkylation sites (N-methyl/N-ethyl adjacent to an activating group) is 1. The molecular weight excluding hydrogens is 305 g/mol. The van der Waals surface area contributed by atoms with Crippen molar-refractivity contribution in [2.75, 3.05) is 19.6 Å². The van der Waals surface area contributed by atoms with Crippen LogP contribution in [0.4, 0.5) is 4.53 Å².